The van der Waals surface area contributed by atoms with Gasteiger partial charge in [0.1, 0.15) is 5.82 Å². The monoisotopic (exact) mass is 420 g/mol. The van der Waals surface area contributed by atoms with E-state index in [1.165, 1.54) is 0 Å². The SMILES string of the molecule is O=C(Cl)c1cc(F)ccc1C(F)(F)F.O=C(Cl)c1ccc(F)c(F)c1F. The van der Waals surface area contributed by atoms with E-state index in [9.17, 15) is 40.3 Å². The average Bonchev–Trinajstić information content (AvgIpc) is 2.51. The Bertz CT molecular complexity index is 851. The molecule has 2 aromatic carbocycles. The van der Waals surface area contributed by atoms with Crippen molar-refractivity contribution in [2.45, 2.75) is 6.18 Å². The molecule has 140 valence electrons. The predicted molar refractivity (Wildman–Crippen MR) is 78.1 cm³/mol. The standard InChI is InChI=1S/C8H3ClF4O.C7H2ClF3O/c9-7(14)5-3-4(10)1-2-6(5)8(11,12)13;8-7(12)3-1-2-4(9)6(11)5(3)10/h1-3H;1-2H. The number of hydrogen-bond donors (Lipinski definition) is 0. The van der Waals surface area contributed by atoms with Gasteiger partial charge in [-0.05, 0) is 53.5 Å². The predicted octanol–water partition coefficient (Wildman–Crippen LogP) is 5.71. The Hall–Kier alpha value is -2.13. The molecule has 0 radical (unpaired) electrons. The molecular weight excluding hydrogens is 416 g/mol. The minimum absolute atomic E-state index is 0.457. The molecule has 0 amide bonds. The zero-order valence-corrected chi connectivity index (χ0v) is 13.6. The van der Waals surface area contributed by atoms with Crippen molar-refractivity contribution in [3.8, 4) is 0 Å². The summed E-state index contributed by atoms with van der Waals surface area (Å²) in [7, 11) is 0. The van der Waals surface area contributed by atoms with Gasteiger partial charge in [0.15, 0.2) is 17.5 Å². The summed E-state index contributed by atoms with van der Waals surface area (Å²) in [4.78, 5) is 20.9. The van der Waals surface area contributed by atoms with Gasteiger partial charge in [-0.2, -0.15) is 13.2 Å². The van der Waals surface area contributed by atoms with Crippen molar-refractivity contribution < 1.29 is 40.3 Å². The highest BCUT2D eigenvalue weighted by molar-refractivity contribution is 6.68. The van der Waals surface area contributed by atoms with Crippen LogP contribution >= 0.6 is 23.2 Å². The van der Waals surface area contributed by atoms with Crippen LogP contribution in [0.2, 0.25) is 0 Å². The fraction of sp³-hybridized carbons (Fsp3) is 0.0667. The van der Waals surface area contributed by atoms with E-state index in [1.54, 1.807) is 0 Å². The van der Waals surface area contributed by atoms with Gasteiger partial charge in [0.2, 0.25) is 0 Å². The second kappa shape index (κ2) is 8.50. The van der Waals surface area contributed by atoms with Crippen LogP contribution in [0.25, 0.3) is 0 Å². The van der Waals surface area contributed by atoms with Gasteiger partial charge in [0.05, 0.1) is 11.1 Å². The van der Waals surface area contributed by atoms with E-state index in [-0.39, 0.29) is 0 Å². The van der Waals surface area contributed by atoms with Crippen LogP contribution in [0.15, 0.2) is 30.3 Å². The second-order valence-corrected chi connectivity index (χ2v) is 5.14. The first kappa shape index (κ1) is 21.9. The average molecular weight is 421 g/mol. The number of alkyl halides is 3. The highest BCUT2D eigenvalue weighted by atomic mass is 35.5. The van der Waals surface area contributed by atoms with Crippen LogP contribution in [0.4, 0.5) is 30.7 Å². The number of hydrogen-bond acceptors (Lipinski definition) is 2. The minimum atomic E-state index is -4.71. The minimum Gasteiger partial charge on any atom is -0.276 e. The first-order valence-corrected chi connectivity index (χ1v) is 7.01. The smallest absolute Gasteiger partial charge is 0.276 e. The normalized spacial score (nSPS) is 10.8. The van der Waals surface area contributed by atoms with Gasteiger partial charge in [0.25, 0.3) is 10.5 Å². The summed E-state index contributed by atoms with van der Waals surface area (Å²) in [6.07, 6.45) is -4.71. The van der Waals surface area contributed by atoms with Crippen LogP contribution in [-0.2, 0) is 6.18 Å². The molecule has 0 aliphatic heterocycles. The molecular formula is C15H5Cl2F7O2. The zero-order chi connectivity index (χ0) is 20.2. The molecule has 11 heteroatoms. The van der Waals surface area contributed by atoms with Crippen LogP contribution in [0.3, 0.4) is 0 Å². The third-order valence-corrected chi connectivity index (χ3v) is 3.15. The van der Waals surface area contributed by atoms with Crippen molar-refractivity contribution in [3.05, 3.63) is 70.3 Å². The van der Waals surface area contributed by atoms with E-state index < -0.39 is 56.6 Å². The molecule has 0 unspecified atom stereocenters. The molecule has 0 fully saturated rings. The Morgan fingerprint density at radius 3 is 1.77 bits per heavy atom. The Morgan fingerprint density at radius 2 is 1.31 bits per heavy atom. The van der Waals surface area contributed by atoms with Gasteiger partial charge < -0.3 is 0 Å². The van der Waals surface area contributed by atoms with Gasteiger partial charge in [-0.3, -0.25) is 9.59 Å². The fourth-order valence-corrected chi connectivity index (χ4v) is 1.91. The van der Waals surface area contributed by atoms with Crippen LogP contribution < -0.4 is 0 Å². The molecule has 2 aromatic rings. The lowest BCUT2D eigenvalue weighted by Crippen LogP contribution is -2.11. The summed E-state index contributed by atoms with van der Waals surface area (Å²) in [6, 6.07) is 2.96. The Kier molecular flexibility index (Phi) is 7.16. The summed E-state index contributed by atoms with van der Waals surface area (Å²) in [5, 5.41) is -2.50. The lowest BCUT2D eigenvalue weighted by molar-refractivity contribution is -0.137. The van der Waals surface area contributed by atoms with Crippen LogP contribution in [-0.4, -0.2) is 10.5 Å². The van der Waals surface area contributed by atoms with Gasteiger partial charge in [-0.25, -0.2) is 17.6 Å². The maximum absolute atomic E-state index is 12.6. The highest BCUT2D eigenvalue weighted by Crippen LogP contribution is 2.32. The van der Waals surface area contributed by atoms with E-state index in [4.69, 9.17) is 23.2 Å². The molecule has 2 nitrogen and oxygen atoms in total. The first-order chi connectivity index (χ1) is 11.9. The quantitative estimate of drug-likeness (QED) is 0.354. The molecule has 0 N–H and O–H groups in total. The van der Waals surface area contributed by atoms with E-state index in [0.717, 1.165) is 6.07 Å². The van der Waals surface area contributed by atoms with Crippen molar-refractivity contribution in [2.75, 3.05) is 0 Å². The largest absolute Gasteiger partial charge is 0.417 e. The summed E-state index contributed by atoms with van der Waals surface area (Å²) in [6.45, 7) is 0. The Morgan fingerprint density at radius 1 is 0.769 bits per heavy atom. The molecule has 0 saturated heterocycles. The molecule has 0 heterocycles. The summed E-state index contributed by atoms with van der Waals surface area (Å²) in [5.74, 6) is -5.55. The van der Waals surface area contributed by atoms with E-state index in [0.29, 0.717) is 24.3 Å². The molecule has 0 saturated carbocycles. The van der Waals surface area contributed by atoms with Gasteiger partial charge in [0, 0.05) is 5.56 Å². The van der Waals surface area contributed by atoms with Crippen LogP contribution in [0.5, 0.6) is 0 Å². The number of benzene rings is 2. The highest BCUT2D eigenvalue weighted by Gasteiger charge is 2.34. The van der Waals surface area contributed by atoms with Crippen molar-refractivity contribution >= 4 is 33.7 Å². The van der Waals surface area contributed by atoms with E-state index in [2.05, 4.69) is 0 Å². The van der Waals surface area contributed by atoms with Crippen LogP contribution in [0.1, 0.15) is 26.3 Å². The number of rotatable bonds is 2. The molecule has 26 heavy (non-hydrogen) atoms. The maximum Gasteiger partial charge on any atom is 0.417 e. The van der Waals surface area contributed by atoms with Crippen molar-refractivity contribution in [1.82, 2.24) is 0 Å². The summed E-state index contributed by atoms with van der Waals surface area (Å²) >= 11 is 9.75. The van der Waals surface area contributed by atoms with Crippen molar-refractivity contribution in [2.24, 2.45) is 0 Å². The molecule has 0 spiro atoms. The molecule has 0 atom stereocenters. The second-order valence-electron chi connectivity index (χ2n) is 4.46. The summed E-state index contributed by atoms with van der Waals surface area (Å²) in [5.41, 5.74) is -2.78. The number of carbonyl (C=O) groups excluding carboxylic acids is 2. The van der Waals surface area contributed by atoms with Gasteiger partial charge in [-0.15, -0.1) is 0 Å². The maximum atomic E-state index is 12.6. The number of halogens is 9. The van der Waals surface area contributed by atoms with Crippen LogP contribution in [0, 0.1) is 23.3 Å². The lowest BCUT2D eigenvalue weighted by atomic mass is 10.1. The van der Waals surface area contributed by atoms with E-state index in [1.807, 2.05) is 0 Å². The van der Waals surface area contributed by atoms with Gasteiger partial charge >= 0.3 is 6.18 Å². The van der Waals surface area contributed by atoms with Gasteiger partial charge in [-0.1, -0.05) is 0 Å². The van der Waals surface area contributed by atoms with E-state index >= 15 is 0 Å². The fourth-order valence-electron chi connectivity index (χ4n) is 1.60. The first-order valence-electron chi connectivity index (χ1n) is 6.26. The molecule has 0 aromatic heterocycles. The lowest BCUT2D eigenvalue weighted by Gasteiger charge is -2.09. The molecule has 0 aliphatic carbocycles. The summed E-state index contributed by atoms with van der Waals surface area (Å²) < 4.78 is 86.4. The number of carbonyl (C=O) groups is 2. The third-order valence-electron chi connectivity index (χ3n) is 2.75. The Labute approximate surface area is 151 Å². The molecule has 0 aliphatic rings. The van der Waals surface area contributed by atoms with Crippen molar-refractivity contribution in [1.29, 1.82) is 0 Å². The van der Waals surface area contributed by atoms with Crippen molar-refractivity contribution in [3.63, 3.8) is 0 Å². The zero-order valence-electron chi connectivity index (χ0n) is 12.1. The third kappa shape index (κ3) is 5.43. The molecule has 2 rings (SSSR count). The topological polar surface area (TPSA) is 34.1 Å². The molecule has 0 bridgehead atoms. The Balaban J connectivity index is 0.000000263.